The average Bonchev–Trinajstić information content (AvgIpc) is 3.09. The van der Waals surface area contributed by atoms with Gasteiger partial charge >= 0.3 is 0 Å². The third-order valence-corrected chi connectivity index (χ3v) is 5.10. The minimum atomic E-state index is -0.183. The summed E-state index contributed by atoms with van der Waals surface area (Å²) in [5.41, 5.74) is 2.13. The molecular formula is C21H24N4O3. The number of furan rings is 1. The maximum absolute atomic E-state index is 12.6. The smallest absolute Gasteiger partial charge is 0.261 e. The molecule has 1 N–H and O–H groups in total. The van der Waals surface area contributed by atoms with Gasteiger partial charge < -0.3 is 14.3 Å². The minimum Gasteiger partial charge on any atom is -0.459 e. The van der Waals surface area contributed by atoms with Gasteiger partial charge in [-0.2, -0.15) is 0 Å². The van der Waals surface area contributed by atoms with E-state index < -0.39 is 0 Å². The Morgan fingerprint density at radius 1 is 1.25 bits per heavy atom. The fourth-order valence-corrected chi connectivity index (χ4v) is 3.77. The van der Waals surface area contributed by atoms with E-state index in [9.17, 15) is 9.59 Å². The van der Waals surface area contributed by atoms with Crippen molar-refractivity contribution in [3.05, 3.63) is 46.7 Å². The molecule has 0 bridgehead atoms. The van der Waals surface area contributed by atoms with Crippen molar-refractivity contribution in [3.63, 3.8) is 0 Å². The molecule has 1 aliphatic heterocycles. The van der Waals surface area contributed by atoms with Crippen LogP contribution in [0.1, 0.15) is 31.9 Å². The fraction of sp³-hybridized carbons (Fsp3) is 0.381. The highest BCUT2D eigenvalue weighted by Crippen LogP contribution is 2.30. The van der Waals surface area contributed by atoms with Crippen LogP contribution in [0.15, 0.2) is 39.8 Å². The van der Waals surface area contributed by atoms with Crippen molar-refractivity contribution in [1.82, 2.24) is 14.5 Å². The second-order valence-electron chi connectivity index (χ2n) is 7.36. The Morgan fingerprint density at radius 2 is 2.04 bits per heavy atom. The molecule has 1 saturated heterocycles. The Kier molecular flexibility index (Phi) is 5.00. The monoisotopic (exact) mass is 380 g/mol. The Labute approximate surface area is 163 Å². The molecule has 3 aromatic heterocycles. The first-order valence-electron chi connectivity index (χ1n) is 9.59. The van der Waals surface area contributed by atoms with E-state index in [4.69, 9.17) is 4.42 Å². The van der Waals surface area contributed by atoms with Gasteiger partial charge in [0.15, 0.2) is 0 Å². The Morgan fingerprint density at radius 3 is 2.79 bits per heavy atom. The van der Waals surface area contributed by atoms with Gasteiger partial charge in [-0.1, -0.05) is 6.42 Å². The van der Waals surface area contributed by atoms with Crippen LogP contribution >= 0.6 is 0 Å². The molecule has 7 heteroatoms. The predicted octanol–water partition coefficient (Wildman–Crippen LogP) is 3.14. The number of carbonyl (C=O) groups is 1. The molecule has 1 amide bonds. The predicted molar refractivity (Wildman–Crippen MR) is 108 cm³/mol. The zero-order valence-corrected chi connectivity index (χ0v) is 16.2. The summed E-state index contributed by atoms with van der Waals surface area (Å²) in [5, 5.41) is 3.27. The van der Waals surface area contributed by atoms with Crippen molar-refractivity contribution in [1.29, 1.82) is 0 Å². The average molecular weight is 380 g/mol. The van der Waals surface area contributed by atoms with Crippen molar-refractivity contribution in [2.75, 3.05) is 18.4 Å². The van der Waals surface area contributed by atoms with Gasteiger partial charge in [-0.3, -0.25) is 14.5 Å². The molecule has 0 spiro atoms. The summed E-state index contributed by atoms with van der Waals surface area (Å²) in [5.74, 6) is 1.08. The van der Waals surface area contributed by atoms with Crippen LogP contribution < -0.4 is 10.9 Å². The zero-order chi connectivity index (χ0) is 19.7. The second kappa shape index (κ2) is 7.59. The lowest BCUT2D eigenvalue weighted by molar-refractivity contribution is -0.114. The lowest BCUT2D eigenvalue weighted by Gasteiger charge is -2.25. The highest BCUT2D eigenvalue weighted by Gasteiger charge is 2.18. The number of fused-ring (bicyclic) bond motifs is 1. The van der Waals surface area contributed by atoms with Crippen LogP contribution in [0.4, 0.5) is 5.82 Å². The van der Waals surface area contributed by atoms with E-state index in [0.29, 0.717) is 23.3 Å². The van der Waals surface area contributed by atoms with Gasteiger partial charge in [-0.15, -0.1) is 0 Å². The number of aryl methyl sites for hydroxylation is 1. The number of piperidine rings is 1. The molecule has 1 fully saturated rings. The van der Waals surface area contributed by atoms with E-state index in [1.165, 1.54) is 26.2 Å². The molecule has 0 aliphatic carbocycles. The van der Waals surface area contributed by atoms with Crippen molar-refractivity contribution in [2.45, 2.75) is 32.7 Å². The highest BCUT2D eigenvalue weighted by atomic mass is 16.3. The number of carbonyl (C=O) groups excluding carboxylic acids is 1. The summed E-state index contributed by atoms with van der Waals surface area (Å²) in [6, 6.07) is 5.50. The molecule has 146 valence electrons. The second-order valence-corrected chi connectivity index (χ2v) is 7.36. The molecule has 4 heterocycles. The van der Waals surface area contributed by atoms with Crippen molar-refractivity contribution < 1.29 is 9.21 Å². The Bertz CT molecular complexity index is 1080. The largest absolute Gasteiger partial charge is 0.459 e. The molecule has 0 atom stereocenters. The molecule has 0 unspecified atom stereocenters. The van der Waals surface area contributed by atoms with Crippen molar-refractivity contribution in [3.8, 4) is 11.1 Å². The first-order chi connectivity index (χ1) is 13.5. The number of hydrogen-bond donors (Lipinski definition) is 1. The van der Waals surface area contributed by atoms with E-state index in [1.54, 1.807) is 30.1 Å². The van der Waals surface area contributed by atoms with Crippen molar-refractivity contribution in [2.24, 2.45) is 7.05 Å². The SMILES string of the molecule is CC(=O)Nc1cc(-c2cn(C)c(=O)c3cc(CN4CCCCC4)oc23)ccn1. The number of pyridine rings is 2. The summed E-state index contributed by atoms with van der Waals surface area (Å²) in [6.45, 7) is 4.28. The zero-order valence-electron chi connectivity index (χ0n) is 16.2. The molecule has 0 aromatic carbocycles. The van der Waals surface area contributed by atoms with Gasteiger partial charge in [0.2, 0.25) is 5.91 Å². The molecule has 0 saturated carbocycles. The third-order valence-electron chi connectivity index (χ3n) is 5.10. The van der Waals surface area contributed by atoms with Gasteiger partial charge in [-0.05, 0) is 49.7 Å². The van der Waals surface area contributed by atoms with Gasteiger partial charge in [0.25, 0.3) is 5.56 Å². The third kappa shape index (κ3) is 3.71. The van der Waals surface area contributed by atoms with Crippen LogP contribution in [-0.2, 0) is 18.4 Å². The first kappa shape index (κ1) is 18.4. The number of nitrogens with zero attached hydrogens (tertiary/aromatic N) is 3. The summed E-state index contributed by atoms with van der Waals surface area (Å²) in [7, 11) is 1.73. The van der Waals surface area contributed by atoms with Crippen LogP contribution in [0.2, 0.25) is 0 Å². The maximum atomic E-state index is 12.6. The number of hydrogen-bond acceptors (Lipinski definition) is 5. The lowest BCUT2D eigenvalue weighted by Crippen LogP contribution is -2.28. The summed E-state index contributed by atoms with van der Waals surface area (Å²) in [4.78, 5) is 30.5. The number of amides is 1. The minimum absolute atomic E-state index is 0.0801. The number of aromatic nitrogens is 2. The van der Waals surface area contributed by atoms with Gasteiger partial charge in [-0.25, -0.2) is 4.98 Å². The highest BCUT2D eigenvalue weighted by molar-refractivity contribution is 5.93. The molecule has 0 radical (unpaired) electrons. The van der Waals surface area contributed by atoms with E-state index in [0.717, 1.165) is 30.0 Å². The summed E-state index contributed by atoms with van der Waals surface area (Å²) >= 11 is 0. The normalized spacial score (nSPS) is 15.1. The van der Waals surface area contributed by atoms with E-state index in [-0.39, 0.29) is 11.5 Å². The van der Waals surface area contributed by atoms with Gasteiger partial charge in [0.05, 0.1) is 11.9 Å². The molecule has 1 aliphatic rings. The first-order valence-corrected chi connectivity index (χ1v) is 9.59. The standard InChI is InChI=1S/C21H24N4O3/c1-14(26)23-19-10-15(6-7-22-19)18-13-24(2)21(27)17-11-16(28-20(17)18)12-25-8-4-3-5-9-25/h6-7,10-11,13H,3-5,8-9,12H2,1-2H3,(H,22,23,26). The van der Waals surface area contributed by atoms with Gasteiger partial charge in [0.1, 0.15) is 17.2 Å². The van der Waals surface area contributed by atoms with E-state index in [1.807, 2.05) is 12.1 Å². The quantitative estimate of drug-likeness (QED) is 0.752. The van der Waals surface area contributed by atoms with Crippen molar-refractivity contribution >= 4 is 22.7 Å². The van der Waals surface area contributed by atoms with E-state index >= 15 is 0 Å². The molecule has 28 heavy (non-hydrogen) atoms. The Balaban J connectivity index is 1.77. The van der Waals surface area contributed by atoms with Crippen LogP contribution in [0.25, 0.3) is 22.1 Å². The molecule has 7 nitrogen and oxygen atoms in total. The topological polar surface area (TPSA) is 80.4 Å². The van der Waals surface area contributed by atoms with E-state index in [2.05, 4.69) is 15.2 Å². The van der Waals surface area contributed by atoms with Crippen LogP contribution in [0, 0.1) is 0 Å². The number of nitrogens with one attached hydrogen (secondary N) is 1. The maximum Gasteiger partial charge on any atom is 0.261 e. The number of anilines is 1. The lowest BCUT2D eigenvalue weighted by atomic mass is 10.1. The Hall–Kier alpha value is -2.93. The van der Waals surface area contributed by atoms with Gasteiger partial charge in [0, 0.05) is 31.9 Å². The summed E-state index contributed by atoms with van der Waals surface area (Å²) in [6.07, 6.45) is 7.09. The number of likely N-dealkylation sites (tertiary alicyclic amines) is 1. The molecule has 3 aromatic rings. The fourth-order valence-electron chi connectivity index (χ4n) is 3.77. The van der Waals surface area contributed by atoms with Crippen LogP contribution in [0.5, 0.6) is 0 Å². The molecule has 4 rings (SSSR count). The van der Waals surface area contributed by atoms with Crippen LogP contribution in [0.3, 0.4) is 0 Å². The summed E-state index contributed by atoms with van der Waals surface area (Å²) < 4.78 is 7.72. The van der Waals surface area contributed by atoms with Crippen LogP contribution in [-0.4, -0.2) is 33.4 Å². The number of rotatable bonds is 4. The molecular weight excluding hydrogens is 356 g/mol.